The Bertz CT molecular complexity index is 493. The van der Waals surface area contributed by atoms with E-state index in [2.05, 4.69) is 21.2 Å². The van der Waals surface area contributed by atoms with E-state index in [4.69, 9.17) is 11.6 Å². The number of aryl methyl sites for hydroxylation is 1. The summed E-state index contributed by atoms with van der Waals surface area (Å²) in [6.07, 6.45) is 3.60. The molecule has 1 aliphatic heterocycles. The van der Waals surface area contributed by atoms with E-state index in [0.29, 0.717) is 17.4 Å². The van der Waals surface area contributed by atoms with Crippen molar-refractivity contribution >= 4 is 33.4 Å². The number of nitrogens with one attached hydrogen (secondary N) is 1. The quantitative estimate of drug-likeness (QED) is 0.857. The molecule has 1 aliphatic rings. The van der Waals surface area contributed by atoms with Crippen molar-refractivity contribution in [2.45, 2.75) is 25.7 Å². The molecule has 1 unspecified atom stereocenters. The summed E-state index contributed by atoms with van der Waals surface area (Å²) in [5, 5.41) is 3.93. The van der Waals surface area contributed by atoms with Gasteiger partial charge in [-0.3, -0.25) is 4.79 Å². The van der Waals surface area contributed by atoms with Crippen molar-refractivity contribution in [1.29, 1.82) is 0 Å². The van der Waals surface area contributed by atoms with Crippen molar-refractivity contribution in [3.8, 4) is 0 Å². The maximum Gasteiger partial charge on any atom is 0.222 e. The van der Waals surface area contributed by atoms with Crippen molar-refractivity contribution in [3.63, 3.8) is 0 Å². The van der Waals surface area contributed by atoms with E-state index in [1.807, 2.05) is 30.1 Å². The van der Waals surface area contributed by atoms with Crippen LogP contribution >= 0.6 is 27.5 Å². The van der Waals surface area contributed by atoms with Crippen LogP contribution in [0.25, 0.3) is 0 Å². The summed E-state index contributed by atoms with van der Waals surface area (Å²) in [7, 11) is 1.97. The van der Waals surface area contributed by atoms with Crippen LogP contribution < -0.4 is 5.32 Å². The molecule has 1 aromatic rings. The fourth-order valence-electron chi connectivity index (χ4n) is 2.88. The molecule has 1 N–H and O–H groups in total. The average Bonchev–Trinajstić information content (AvgIpc) is 2.48. The third-order valence-electron chi connectivity index (χ3n) is 3.98. The third-order valence-corrected chi connectivity index (χ3v) is 4.99. The Morgan fingerprint density at radius 3 is 3.10 bits per heavy atom. The highest BCUT2D eigenvalue weighted by molar-refractivity contribution is 9.10. The molecule has 1 saturated heterocycles. The molecule has 2 rings (SSSR count). The van der Waals surface area contributed by atoms with Crippen LogP contribution in [0.5, 0.6) is 0 Å². The molecule has 1 amide bonds. The third kappa shape index (κ3) is 4.97. The molecule has 0 radical (unpaired) electrons. The standard InChI is InChI=1S/C16H22BrClN2O/c1-19-10-12-3-2-8-20(11-12)16(21)7-4-13-9-14(18)5-6-15(13)17/h5-6,9,12,19H,2-4,7-8,10-11H2,1H3. The van der Waals surface area contributed by atoms with Crippen molar-refractivity contribution in [3.05, 3.63) is 33.3 Å². The molecule has 0 bridgehead atoms. The zero-order chi connectivity index (χ0) is 15.2. The highest BCUT2D eigenvalue weighted by Gasteiger charge is 2.22. The van der Waals surface area contributed by atoms with Gasteiger partial charge >= 0.3 is 0 Å². The molecule has 1 heterocycles. The number of rotatable bonds is 5. The van der Waals surface area contributed by atoms with Gasteiger partial charge in [0.1, 0.15) is 0 Å². The van der Waals surface area contributed by atoms with Crippen LogP contribution in [0.15, 0.2) is 22.7 Å². The van der Waals surface area contributed by atoms with Gasteiger partial charge in [-0.05, 0) is 62.5 Å². The molecule has 1 aromatic carbocycles. The van der Waals surface area contributed by atoms with Gasteiger partial charge in [0.15, 0.2) is 0 Å². The number of amides is 1. The predicted octanol–water partition coefficient (Wildman–Crippen LogP) is 3.49. The lowest BCUT2D eigenvalue weighted by Crippen LogP contribution is -2.42. The number of hydrogen-bond donors (Lipinski definition) is 1. The van der Waals surface area contributed by atoms with E-state index >= 15 is 0 Å². The van der Waals surface area contributed by atoms with Crippen LogP contribution in [-0.2, 0) is 11.2 Å². The van der Waals surface area contributed by atoms with Gasteiger partial charge in [0.05, 0.1) is 0 Å². The fraction of sp³-hybridized carbons (Fsp3) is 0.562. The largest absolute Gasteiger partial charge is 0.342 e. The van der Waals surface area contributed by atoms with Crippen LogP contribution in [0.4, 0.5) is 0 Å². The number of nitrogens with zero attached hydrogens (tertiary/aromatic N) is 1. The molecule has 5 heteroatoms. The van der Waals surface area contributed by atoms with E-state index in [1.54, 1.807) is 0 Å². The molecule has 1 atom stereocenters. The number of carbonyl (C=O) groups excluding carboxylic acids is 1. The van der Waals surface area contributed by atoms with Crippen LogP contribution in [0.2, 0.25) is 5.02 Å². The normalized spacial score (nSPS) is 18.8. The Labute approximate surface area is 140 Å². The van der Waals surface area contributed by atoms with E-state index in [1.165, 1.54) is 6.42 Å². The summed E-state index contributed by atoms with van der Waals surface area (Å²) in [5.41, 5.74) is 1.10. The highest BCUT2D eigenvalue weighted by atomic mass is 79.9. The van der Waals surface area contributed by atoms with Crippen molar-refractivity contribution < 1.29 is 4.79 Å². The fourth-order valence-corrected chi connectivity index (χ4v) is 3.52. The minimum Gasteiger partial charge on any atom is -0.342 e. The minimum atomic E-state index is 0.252. The lowest BCUT2D eigenvalue weighted by Gasteiger charge is -2.32. The van der Waals surface area contributed by atoms with Crippen molar-refractivity contribution in [2.75, 3.05) is 26.7 Å². The first-order valence-corrected chi connectivity index (χ1v) is 8.63. The molecule has 0 aromatic heterocycles. The second kappa shape index (κ2) is 8.16. The van der Waals surface area contributed by atoms with E-state index < -0.39 is 0 Å². The topological polar surface area (TPSA) is 32.3 Å². The first-order chi connectivity index (χ1) is 10.1. The van der Waals surface area contributed by atoms with Gasteiger partial charge in [0.2, 0.25) is 5.91 Å². The number of likely N-dealkylation sites (tertiary alicyclic amines) is 1. The smallest absolute Gasteiger partial charge is 0.222 e. The number of hydrogen-bond acceptors (Lipinski definition) is 2. The molecule has 1 fully saturated rings. The molecule has 0 saturated carbocycles. The van der Waals surface area contributed by atoms with Crippen molar-refractivity contribution in [2.24, 2.45) is 5.92 Å². The first kappa shape index (κ1) is 16.8. The number of halogens is 2. The van der Waals surface area contributed by atoms with Gasteiger partial charge in [-0.2, -0.15) is 0 Å². The van der Waals surface area contributed by atoms with E-state index in [0.717, 1.165) is 42.5 Å². The van der Waals surface area contributed by atoms with Gasteiger partial charge in [-0.15, -0.1) is 0 Å². The van der Waals surface area contributed by atoms with E-state index in [-0.39, 0.29) is 5.91 Å². The van der Waals surface area contributed by atoms with Crippen LogP contribution in [-0.4, -0.2) is 37.5 Å². The Balaban J connectivity index is 1.88. The molecule has 0 spiro atoms. The first-order valence-electron chi connectivity index (χ1n) is 7.46. The number of carbonyl (C=O) groups is 1. The van der Waals surface area contributed by atoms with Gasteiger partial charge in [-0.1, -0.05) is 27.5 Å². The van der Waals surface area contributed by atoms with Crippen molar-refractivity contribution in [1.82, 2.24) is 10.2 Å². The van der Waals surface area contributed by atoms with Crippen LogP contribution in [0.3, 0.4) is 0 Å². The molecule has 0 aliphatic carbocycles. The Morgan fingerprint density at radius 2 is 2.33 bits per heavy atom. The monoisotopic (exact) mass is 372 g/mol. The molecule has 116 valence electrons. The zero-order valence-electron chi connectivity index (χ0n) is 12.4. The van der Waals surface area contributed by atoms with E-state index in [9.17, 15) is 4.79 Å². The van der Waals surface area contributed by atoms with Gasteiger partial charge in [0, 0.05) is 29.0 Å². The summed E-state index contributed by atoms with van der Waals surface area (Å²) < 4.78 is 1.02. The van der Waals surface area contributed by atoms with Crippen LogP contribution in [0, 0.1) is 5.92 Å². The summed E-state index contributed by atoms with van der Waals surface area (Å²) in [6.45, 7) is 2.77. The summed E-state index contributed by atoms with van der Waals surface area (Å²) in [5.74, 6) is 0.841. The number of piperidine rings is 1. The summed E-state index contributed by atoms with van der Waals surface area (Å²) >= 11 is 9.53. The molecular formula is C16H22BrClN2O. The molecular weight excluding hydrogens is 352 g/mol. The Morgan fingerprint density at radius 1 is 1.52 bits per heavy atom. The lowest BCUT2D eigenvalue weighted by atomic mass is 9.97. The summed E-state index contributed by atoms with van der Waals surface area (Å²) in [6, 6.07) is 5.72. The number of benzene rings is 1. The SMILES string of the molecule is CNCC1CCCN(C(=O)CCc2cc(Cl)ccc2Br)C1. The van der Waals surface area contributed by atoms with Crippen LogP contribution in [0.1, 0.15) is 24.8 Å². The Hall–Kier alpha value is -0.580. The maximum atomic E-state index is 12.4. The van der Waals surface area contributed by atoms with Gasteiger partial charge < -0.3 is 10.2 Å². The molecule has 21 heavy (non-hydrogen) atoms. The minimum absolute atomic E-state index is 0.252. The second-order valence-electron chi connectivity index (χ2n) is 5.64. The highest BCUT2D eigenvalue weighted by Crippen LogP contribution is 2.23. The predicted molar refractivity (Wildman–Crippen MR) is 90.7 cm³/mol. The lowest BCUT2D eigenvalue weighted by molar-refractivity contribution is -0.132. The van der Waals surface area contributed by atoms with Gasteiger partial charge in [-0.25, -0.2) is 0 Å². The zero-order valence-corrected chi connectivity index (χ0v) is 14.7. The molecule has 3 nitrogen and oxygen atoms in total. The Kier molecular flexibility index (Phi) is 6.52. The second-order valence-corrected chi connectivity index (χ2v) is 6.93. The summed E-state index contributed by atoms with van der Waals surface area (Å²) in [4.78, 5) is 14.4. The maximum absolute atomic E-state index is 12.4. The van der Waals surface area contributed by atoms with Gasteiger partial charge in [0.25, 0.3) is 0 Å². The average molecular weight is 374 g/mol.